The van der Waals surface area contributed by atoms with Gasteiger partial charge in [-0.1, -0.05) is 0 Å². The normalized spacial score (nSPS) is 13.6. The Morgan fingerprint density at radius 2 is 1.92 bits per heavy atom. The van der Waals surface area contributed by atoms with Gasteiger partial charge >= 0.3 is 0 Å². The van der Waals surface area contributed by atoms with Crippen molar-refractivity contribution in [2.75, 3.05) is 23.3 Å². The maximum Gasteiger partial charge on any atom is 0.243 e. The van der Waals surface area contributed by atoms with Gasteiger partial charge in [-0.3, -0.25) is 4.79 Å². The molecule has 1 aliphatic rings. The van der Waals surface area contributed by atoms with Gasteiger partial charge in [0.15, 0.2) is 11.6 Å². The lowest BCUT2D eigenvalue weighted by Gasteiger charge is -2.19. The average molecular weight is 367 g/mol. The molecule has 1 heterocycles. The van der Waals surface area contributed by atoms with Crippen LogP contribution in [0.5, 0.6) is 0 Å². The van der Waals surface area contributed by atoms with Crippen LogP contribution in [-0.2, 0) is 21.2 Å². The molecule has 1 aliphatic heterocycles. The van der Waals surface area contributed by atoms with Gasteiger partial charge in [0.2, 0.25) is 15.9 Å². The number of fused-ring (bicyclic) bond motifs is 1. The van der Waals surface area contributed by atoms with E-state index in [0.29, 0.717) is 13.0 Å². The molecule has 3 rings (SSSR count). The van der Waals surface area contributed by atoms with Gasteiger partial charge in [0.1, 0.15) is 0 Å². The van der Waals surface area contributed by atoms with E-state index in [1.54, 1.807) is 11.0 Å². The summed E-state index contributed by atoms with van der Waals surface area (Å²) in [6.45, 7) is 0.537. The van der Waals surface area contributed by atoms with Gasteiger partial charge in [0, 0.05) is 24.0 Å². The molecular weight excluding hydrogens is 352 g/mol. The lowest BCUT2D eigenvalue weighted by molar-refractivity contribution is -0.115. The van der Waals surface area contributed by atoms with E-state index in [4.69, 9.17) is 5.14 Å². The molecule has 3 N–H and O–H groups in total. The summed E-state index contributed by atoms with van der Waals surface area (Å²) in [7, 11) is -3.78. The highest BCUT2D eigenvalue weighted by Gasteiger charge is 2.23. The van der Waals surface area contributed by atoms with Gasteiger partial charge in [0.05, 0.1) is 11.4 Å². The number of nitrogens with zero attached hydrogens (tertiary/aromatic N) is 1. The molecule has 0 aliphatic carbocycles. The zero-order valence-electron chi connectivity index (χ0n) is 13.0. The fourth-order valence-electron chi connectivity index (χ4n) is 2.74. The largest absolute Gasteiger partial charge is 0.362 e. The third-order valence-corrected chi connectivity index (χ3v) is 4.82. The monoisotopic (exact) mass is 367 g/mol. The van der Waals surface area contributed by atoms with Crippen LogP contribution >= 0.6 is 0 Å². The minimum absolute atomic E-state index is 0.000711. The number of carbonyl (C=O) groups excluding carboxylic acids is 1. The summed E-state index contributed by atoms with van der Waals surface area (Å²) in [6.07, 6.45) is 0.581. The van der Waals surface area contributed by atoms with Gasteiger partial charge in [0.25, 0.3) is 0 Å². The van der Waals surface area contributed by atoms with E-state index in [-0.39, 0.29) is 17.1 Å². The summed E-state index contributed by atoms with van der Waals surface area (Å²) < 4.78 is 48.8. The van der Waals surface area contributed by atoms with E-state index in [9.17, 15) is 22.0 Å². The number of rotatable bonds is 4. The molecule has 0 saturated carbocycles. The number of carbonyl (C=O) groups is 1. The Kier molecular flexibility index (Phi) is 4.44. The zero-order valence-corrected chi connectivity index (χ0v) is 13.8. The third-order valence-electron chi connectivity index (χ3n) is 3.91. The molecule has 0 fully saturated rings. The summed E-state index contributed by atoms with van der Waals surface area (Å²) in [4.78, 5) is 13.9. The molecule has 25 heavy (non-hydrogen) atoms. The first-order valence-electron chi connectivity index (χ1n) is 7.39. The molecule has 0 aromatic heterocycles. The first-order valence-corrected chi connectivity index (χ1v) is 8.94. The van der Waals surface area contributed by atoms with Gasteiger partial charge in [-0.15, -0.1) is 0 Å². The van der Waals surface area contributed by atoms with Crippen LogP contribution < -0.4 is 15.4 Å². The topological polar surface area (TPSA) is 92.5 Å². The predicted molar refractivity (Wildman–Crippen MR) is 88.7 cm³/mol. The van der Waals surface area contributed by atoms with E-state index in [1.165, 1.54) is 18.2 Å². The summed E-state index contributed by atoms with van der Waals surface area (Å²) in [5.74, 6) is -2.42. The fraction of sp³-hybridized carbons (Fsp3) is 0.188. The summed E-state index contributed by atoms with van der Waals surface area (Å²) in [5.41, 5.74) is 1.69. The Labute approximate surface area is 143 Å². The first kappa shape index (κ1) is 17.3. The summed E-state index contributed by atoms with van der Waals surface area (Å²) in [6, 6.07) is 7.60. The van der Waals surface area contributed by atoms with Crippen LogP contribution in [0.4, 0.5) is 20.2 Å². The molecule has 132 valence electrons. The van der Waals surface area contributed by atoms with E-state index < -0.39 is 27.6 Å². The Balaban J connectivity index is 1.71. The molecule has 2 aromatic carbocycles. The van der Waals surface area contributed by atoms with Gasteiger partial charge in [-0.2, -0.15) is 0 Å². The van der Waals surface area contributed by atoms with E-state index in [2.05, 4.69) is 5.32 Å². The van der Waals surface area contributed by atoms with Crippen LogP contribution in [0, 0.1) is 11.6 Å². The number of sulfonamides is 1. The number of hydrogen-bond donors (Lipinski definition) is 2. The lowest BCUT2D eigenvalue weighted by Crippen LogP contribution is -2.31. The van der Waals surface area contributed by atoms with Crippen LogP contribution in [0.1, 0.15) is 5.56 Å². The van der Waals surface area contributed by atoms with Crippen LogP contribution in [0.3, 0.4) is 0 Å². The van der Waals surface area contributed by atoms with Gasteiger partial charge < -0.3 is 10.2 Å². The van der Waals surface area contributed by atoms with E-state index in [1.807, 2.05) is 0 Å². The standard InChI is InChI=1S/C16H15F2N3O3S/c17-13-3-1-11(8-14(13)18)20-16(22)9-21-6-5-10-7-12(25(19,23)24)2-4-15(10)21/h1-4,7-8H,5-6,9H2,(H,20,22)(H2,19,23,24). The quantitative estimate of drug-likeness (QED) is 0.859. The minimum atomic E-state index is -3.78. The van der Waals surface area contributed by atoms with Crippen molar-refractivity contribution in [1.82, 2.24) is 0 Å². The van der Waals surface area contributed by atoms with Crippen LogP contribution in [0.15, 0.2) is 41.3 Å². The second-order valence-corrected chi connectivity index (χ2v) is 7.25. The van der Waals surface area contributed by atoms with Crippen molar-refractivity contribution >= 4 is 27.3 Å². The molecule has 2 aromatic rings. The lowest BCUT2D eigenvalue weighted by atomic mass is 10.2. The minimum Gasteiger partial charge on any atom is -0.362 e. The second-order valence-electron chi connectivity index (χ2n) is 5.68. The van der Waals surface area contributed by atoms with Crippen molar-refractivity contribution < 1.29 is 22.0 Å². The van der Waals surface area contributed by atoms with E-state index in [0.717, 1.165) is 23.4 Å². The smallest absolute Gasteiger partial charge is 0.243 e. The fourth-order valence-corrected chi connectivity index (χ4v) is 3.30. The van der Waals surface area contributed by atoms with Gasteiger partial charge in [-0.25, -0.2) is 22.3 Å². The summed E-state index contributed by atoms with van der Waals surface area (Å²) >= 11 is 0. The van der Waals surface area contributed by atoms with E-state index >= 15 is 0 Å². The number of halogens is 2. The second kappa shape index (κ2) is 6.41. The van der Waals surface area contributed by atoms with Crippen LogP contribution in [0.25, 0.3) is 0 Å². The number of nitrogens with one attached hydrogen (secondary N) is 1. The Hall–Kier alpha value is -2.52. The van der Waals surface area contributed by atoms with Crippen molar-refractivity contribution in [3.05, 3.63) is 53.6 Å². The Morgan fingerprint density at radius 3 is 2.60 bits per heavy atom. The zero-order chi connectivity index (χ0) is 18.2. The van der Waals surface area contributed by atoms with Crippen LogP contribution in [0.2, 0.25) is 0 Å². The average Bonchev–Trinajstić information content (AvgIpc) is 2.92. The number of anilines is 2. The predicted octanol–water partition coefficient (Wildman–Crippen LogP) is 1.61. The number of benzene rings is 2. The molecule has 0 saturated heterocycles. The Morgan fingerprint density at radius 1 is 1.16 bits per heavy atom. The molecular formula is C16H15F2N3O3S. The molecule has 0 bridgehead atoms. The first-order chi connectivity index (χ1) is 11.7. The SMILES string of the molecule is NS(=O)(=O)c1ccc2c(c1)CCN2CC(=O)Nc1ccc(F)c(F)c1. The number of hydrogen-bond acceptors (Lipinski definition) is 4. The Bertz CT molecular complexity index is 948. The van der Waals surface area contributed by atoms with Crippen LogP contribution in [-0.4, -0.2) is 27.4 Å². The van der Waals surface area contributed by atoms with Crippen molar-refractivity contribution in [3.8, 4) is 0 Å². The molecule has 0 radical (unpaired) electrons. The highest BCUT2D eigenvalue weighted by Crippen LogP contribution is 2.29. The maximum atomic E-state index is 13.2. The van der Waals surface area contributed by atoms with Crippen molar-refractivity contribution in [2.24, 2.45) is 5.14 Å². The highest BCUT2D eigenvalue weighted by atomic mass is 32.2. The molecule has 0 spiro atoms. The number of nitrogens with two attached hydrogens (primary N) is 1. The third kappa shape index (κ3) is 3.77. The van der Waals surface area contributed by atoms with Crippen molar-refractivity contribution in [3.63, 3.8) is 0 Å². The molecule has 0 unspecified atom stereocenters. The number of amides is 1. The van der Waals surface area contributed by atoms with Gasteiger partial charge in [-0.05, 0) is 42.3 Å². The maximum absolute atomic E-state index is 13.2. The van der Waals surface area contributed by atoms with Crippen molar-refractivity contribution in [1.29, 1.82) is 0 Å². The van der Waals surface area contributed by atoms with Crippen molar-refractivity contribution in [2.45, 2.75) is 11.3 Å². The number of primary sulfonamides is 1. The molecule has 6 nitrogen and oxygen atoms in total. The summed E-state index contributed by atoms with van der Waals surface area (Å²) in [5, 5.41) is 7.61. The molecule has 9 heteroatoms. The highest BCUT2D eigenvalue weighted by molar-refractivity contribution is 7.89. The molecule has 1 amide bonds. The molecule has 0 atom stereocenters.